The van der Waals surface area contributed by atoms with Gasteiger partial charge in [0.25, 0.3) is 5.91 Å². The van der Waals surface area contributed by atoms with Crippen molar-refractivity contribution in [2.75, 3.05) is 25.0 Å². The summed E-state index contributed by atoms with van der Waals surface area (Å²) in [5, 5.41) is 3.16. The number of piperidine rings is 1. The fourth-order valence-electron chi connectivity index (χ4n) is 3.12. The number of ether oxygens (including phenoxy) is 1. The van der Waals surface area contributed by atoms with Gasteiger partial charge in [-0.1, -0.05) is 19.1 Å². The highest BCUT2D eigenvalue weighted by Crippen LogP contribution is 2.18. The number of rotatable bonds is 6. The van der Waals surface area contributed by atoms with Crippen molar-refractivity contribution in [2.45, 2.75) is 26.3 Å². The van der Waals surface area contributed by atoms with Crippen LogP contribution in [0.25, 0.3) is 0 Å². The van der Waals surface area contributed by atoms with E-state index in [0.29, 0.717) is 23.7 Å². The van der Waals surface area contributed by atoms with Gasteiger partial charge in [0.1, 0.15) is 5.76 Å². The Kier molecular flexibility index (Phi) is 5.94. The van der Waals surface area contributed by atoms with Gasteiger partial charge in [0.2, 0.25) is 0 Å². The SMILES string of the molecule is C[C@@H]1CCCN(C(=O)COC(=O)c2ccccc2NCc2ccco2)C1. The molecule has 0 saturated carbocycles. The number of nitrogens with one attached hydrogen (secondary N) is 1. The lowest BCUT2D eigenvalue weighted by molar-refractivity contribution is -0.136. The highest BCUT2D eigenvalue weighted by atomic mass is 16.5. The lowest BCUT2D eigenvalue weighted by atomic mass is 10.0. The molecular formula is C20H24N2O4. The van der Waals surface area contributed by atoms with Crippen molar-refractivity contribution in [2.24, 2.45) is 5.92 Å². The summed E-state index contributed by atoms with van der Waals surface area (Å²) < 4.78 is 10.5. The van der Waals surface area contributed by atoms with Gasteiger partial charge in [0.15, 0.2) is 6.61 Å². The molecule has 1 aliphatic rings. The van der Waals surface area contributed by atoms with Gasteiger partial charge in [-0.15, -0.1) is 0 Å². The van der Waals surface area contributed by atoms with E-state index in [4.69, 9.17) is 9.15 Å². The number of nitrogens with zero attached hydrogens (tertiary/aromatic N) is 1. The number of para-hydroxylation sites is 1. The summed E-state index contributed by atoms with van der Waals surface area (Å²) in [6, 6.07) is 10.7. The molecule has 1 aromatic heterocycles. The third-order valence-corrected chi connectivity index (χ3v) is 4.52. The predicted molar refractivity (Wildman–Crippen MR) is 97.7 cm³/mol. The van der Waals surface area contributed by atoms with Crippen LogP contribution in [0.3, 0.4) is 0 Å². The van der Waals surface area contributed by atoms with Crippen molar-refractivity contribution in [3.8, 4) is 0 Å². The maximum Gasteiger partial charge on any atom is 0.340 e. The summed E-state index contributed by atoms with van der Waals surface area (Å²) in [6.45, 7) is 3.84. The van der Waals surface area contributed by atoms with Crippen LogP contribution >= 0.6 is 0 Å². The van der Waals surface area contributed by atoms with E-state index in [9.17, 15) is 9.59 Å². The topological polar surface area (TPSA) is 71.8 Å². The van der Waals surface area contributed by atoms with E-state index < -0.39 is 5.97 Å². The van der Waals surface area contributed by atoms with Crippen LogP contribution in [0.15, 0.2) is 47.1 Å². The smallest absolute Gasteiger partial charge is 0.340 e. The zero-order valence-corrected chi connectivity index (χ0v) is 14.9. The molecule has 0 spiro atoms. The number of hydrogen-bond donors (Lipinski definition) is 1. The van der Waals surface area contributed by atoms with Gasteiger partial charge in [-0.05, 0) is 43.0 Å². The van der Waals surface area contributed by atoms with Gasteiger partial charge >= 0.3 is 5.97 Å². The molecule has 0 aliphatic carbocycles. The Morgan fingerprint density at radius 1 is 1.27 bits per heavy atom. The standard InChI is InChI=1S/C20H24N2O4/c1-15-6-4-10-22(13-15)19(23)14-26-20(24)17-8-2-3-9-18(17)21-12-16-7-5-11-25-16/h2-3,5,7-9,11,15,21H,4,6,10,12-14H2,1H3/t15-/m1/s1. The average molecular weight is 356 g/mol. The normalized spacial score (nSPS) is 17.0. The molecule has 6 heteroatoms. The van der Waals surface area contributed by atoms with Gasteiger partial charge in [0, 0.05) is 18.8 Å². The molecule has 138 valence electrons. The van der Waals surface area contributed by atoms with Gasteiger partial charge < -0.3 is 19.4 Å². The molecule has 2 heterocycles. The number of anilines is 1. The molecule has 6 nitrogen and oxygen atoms in total. The molecule has 1 atom stereocenters. The van der Waals surface area contributed by atoms with E-state index >= 15 is 0 Å². The first-order valence-electron chi connectivity index (χ1n) is 8.93. The molecular weight excluding hydrogens is 332 g/mol. The molecule has 1 saturated heterocycles. The van der Waals surface area contributed by atoms with Crippen molar-refractivity contribution >= 4 is 17.6 Å². The Labute approximate surface area is 153 Å². The third-order valence-electron chi connectivity index (χ3n) is 4.52. The first-order valence-corrected chi connectivity index (χ1v) is 8.93. The first kappa shape index (κ1) is 18.0. The molecule has 1 amide bonds. The zero-order chi connectivity index (χ0) is 18.4. The molecule has 1 fully saturated rings. The van der Waals surface area contributed by atoms with Crippen LogP contribution in [0, 0.1) is 5.92 Å². The van der Waals surface area contributed by atoms with Crippen molar-refractivity contribution < 1.29 is 18.7 Å². The predicted octanol–water partition coefficient (Wildman–Crippen LogP) is 3.31. The quantitative estimate of drug-likeness (QED) is 0.804. The maximum absolute atomic E-state index is 12.4. The second-order valence-corrected chi connectivity index (χ2v) is 6.64. The number of furan rings is 1. The van der Waals surface area contributed by atoms with Crippen molar-refractivity contribution in [1.29, 1.82) is 0 Å². The number of benzene rings is 1. The summed E-state index contributed by atoms with van der Waals surface area (Å²) in [5.41, 5.74) is 1.05. The van der Waals surface area contributed by atoms with E-state index in [1.54, 1.807) is 29.4 Å². The molecule has 1 aliphatic heterocycles. The number of carbonyl (C=O) groups is 2. The minimum atomic E-state index is -0.508. The fourth-order valence-corrected chi connectivity index (χ4v) is 3.12. The number of carbonyl (C=O) groups excluding carboxylic acids is 2. The van der Waals surface area contributed by atoms with E-state index in [0.717, 1.165) is 31.7 Å². The van der Waals surface area contributed by atoms with E-state index in [1.807, 2.05) is 18.2 Å². The molecule has 0 unspecified atom stereocenters. The van der Waals surface area contributed by atoms with Crippen LogP contribution in [0.4, 0.5) is 5.69 Å². The Morgan fingerprint density at radius 3 is 2.88 bits per heavy atom. The Hall–Kier alpha value is -2.76. The zero-order valence-electron chi connectivity index (χ0n) is 14.9. The Bertz CT molecular complexity index is 742. The molecule has 3 rings (SSSR count). The lowest BCUT2D eigenvalue weighted by Crippen LogP contribution is -2.41. The molecule has 26 heavy (non-hydrogen) atoms. The van der Waals surface area contributed by atoms with Gasteiger partial charge in [-0.2, -0.15) is 0 Å². The number of amides is 1. The van der Waals surface area contributed by atoms with Crippen molar-refractivity contribution in [3.05, 3.63) is 54.0 Å². The number of likely N-dealkylation sites (tertiary alicyclic amines) is 1. The summed E-state index contributed by atoms with van der Waals surface area (Å²) >= 11 is 0. The largest absolute Gasteiger partial charge is 0.467 e. The van der Waals surface area contributed by atoms with Gasteiger partial charge in [0.05, 0.1) is 18.4 Å². The Balaban J connectivity index is 1.56. The minimum Gasteiger partial charge on any atom is -0.467 e. The van der Waals surface area contributed by atoms with Gasteiger partial charge in [-0.25, -0.2) is 4.79 Å². The van der Waals surface area contributed by atoms with Crippen LogP contribution < -0.4 is 5.32 Å². The van der Waals surface area contributed by atoms with Crippen molar-refractivity contribution in [1.82, 2.24) is 4.90 Å². The van der Waals surface area contributed by atoms with E-state index in [1.165, 1.54) is 0 Å². The third kappa shape index (κ3) is 4.65. The number of hydrogen-bond acceptors (Lipinski definition) is 5. The fraction of sp³-hybridized carbons (Fsp3) is 0.400. The second-order valence-electron chi connectivity index (χ2n) is 6.64. The summed E-state index contributed by atoms with van der Waals surface area (Å²) in [7, 11) is 0. The minimum absolute atomic E-state index is 0.133. The lowest BCUT2D eigenvalue weighted by Gasteiger charge is -2.30. The summed E-state index contributed by atoms with van der Waals surface area (Å²) in [4.78, 5) is 26.5. The second kappa shape index (κ2) is 8.56. The van der Waals surface area contributed by atoms with Crippen LogP contribution in [-0.4, -0.2) is 36.5 Å². The molecule has 2 aromatic rings. The molecule has 0 bridgehead atoms. The average Bonchev–Trinajstić information content (AvgIpc) is 3.18. The highest BCUT2D eigenvalue weighted by Gasteiger charge is 2.22. The maximum atomic E-state index is 12.4. The van der Waals surface area contributed by atoms with Gasteiger partial charge in [-0.3, -0.25) is 4.79 Å². The first-order chi connectivity index (χ1) is 12.6. The number of esters is 1. The van der Waals surface area contributed by atoms with Crippen molar-refractivity contribution in [3.63, 3.8) is 0 Å². The Morgan fingerprint density at radius 2 is 2.12 bits per heavy atom. The van der Waals surface area contributed by atoms with Crippen LogP contribution in [0.5, 0.6) is 0 Å². The molecule has 1 aromatic carbocycles. The monoisotopic (exact) mass is 356 g/mol. The molecule has 1 N–H and O–H groups in total. The summed E-state index contributed by atoms with van der Waals surface area (Å²) in [6.07, 6.45) is 3.74. The van der Waals surface area contributed by atoms with E-state index in [-0.39, 0.29) is 12.5 Å². The molecule has 0 radical (unpaired) electrons. The van der Waals surface area contributed by atoms with Crippen LogP contribution in [0.1, 0.15) is 35.9 Å². The summed E-state index contributed by atoms with van der Waals surface area (Å²) in [5.74, 6) is 0.620. The highest BCUT2D eigenvalue weighted by molar-refractivity contribution is 5.96. The van der Waals surface area contributed by atoms with E-state index in [2.05, 4.69) is 12.2 Å². The van der Waals surface area contributed by atoms with Crippen LogP contribution in [0.2, 0.25) is 0 Å². The van der Waals surface area contributed by atoms with Crippen LogP contribution in [-0.2, 0) is 16.1 Å².